The number of anilines is 1. The van der Waals surface area contributed by atoms with Gasteiger partial charge in [-0.05, 0) is 32.6 Å². The predicted molar refractivity (Wildman–Crippen MR) is 84.0 cm³/mol. The van der Waals surface area contributed by atoms with Gasteiger partial charge in [0.1, 0.15) is 0 Å². The molecule has 21 heavy (non-hydrogen) atoms. The minimum atomic E-state index is -0.832. The third kappa shape index (κ3) is 3.51. The van der Waals surface area contributed by atoms with Gasteiger partial charge in [-0.3, -0.25) is 9.36 Å². The molecule has 1 atom stereocenters. The zero-order chi connectivity index (χ0) is 15.6. The molecule has 0 amide bonds. The second-order valence-corrected chi connectivity index (χ2v) is 7.02. The van der Waals surface area contributed by atoms with Crippen LogP contribution in [0.15, 0.2) is 5.16 Å². The van der Waals surface area contributed by atoms with Crippen molar-refractivity contribution in [3.63, 3.8) is 0 Å². The molecule has 0 bridgehead atoms. The lowest BCUT2D eigenvalue weighted by molar-refractivity contribution is -0.133. The van der Waals surface area contributed by atoms with Crippen molar-refractivity contribution in [1.29, 1.82) is 0 Å². The Morgan fingerprint density at radius 2 is 2.10 bits per heavy atom. The first-order valence-electron chi connectivity index (χ1n) is 7.48. The van der Waals surface area contributed by atoms with Crippen LogP contribution in [0, 0.1) is 5.92 Å². The summed E-state index contributed by atoms with van der Waals surface area (Å²) >= 11 is 1.24. The smallest absolute Gasteiger partial charge is 0.313 e. The molecular weight excluding hydrogens is 288 g/mol. The third-order valence-corrected chi connectivity index (χ3v) is 4.74. The molecule has 0 spiro atoms. The number of hydrogen-bond acceptors (Lipinski definition) is 5. The van der Waals surface area contributed by atoms with Gasteiger partial charge in [0.25, 0.3) is 0 Å². The number of hydrogen-bond donors (Lipinski definition) is 1. The van der Waals surface area contributed by atoms with Crippen LogP contribution in [-0.2, 0) is 4.79 Å². The summed E-state index contributed by atoms with van der Waals surface area (Å²) in [6, 6.07) is 0.698. The Kier molecular flexibility index (Phi) is 5.13. The molecule has 1 fully saturated rings. The van der Waals surface area contributed by atoms with E-state index >= 15 is 0 Å². The Bertz CT molecular complexity index is 501. The minimum absolute atomic E-state index is 0.0124. The number of carbonyl (C=O) groups is 1. The first-order chi connectivity index (χ1) is 9.91. The predicted octanol–water partition coefficient (Wildman–Crippen LogP) is 2.66. The second kappa shape index (κ2) is 6.68. The highest BCUT2D eigenvalue weighted by Crippen LogP contribution is 2.32. The number of aliphatic carboxylic acids is 1. The fourth-order valence-corrected chi connectivity index (χ4v) is 3.66. The topological polar surface area (TPSA) is 71.2 Å². The van der Waals surface area contributed by atoms with Crippen molar-refractivity contribution in [1.82, 2.24) is 14.8 Å². The summed E-state index contributed by atoms with van der Waals surface area (Å²) in [5, 5.41) is 18.1. The van der Waals surface area contributed by atoms with E-state index in [-0.39, 0.29) is 11.8 Å². The van der Waals surface area contributed by atoms with E-state index in [2.05, 4.69) is 47.4 Å². The summed E-state index contributed by atoms with van der Waals surface area (Å²) in [6.07, 6.45) is 2.35. The molecule has 1 N–H and O–H groups in total. The summed E-state index contributed by atoms with van der Waals surface area (Å²) < 4.78 is 2.06. The van der Waals surface area contributed by atoms with E-state index in [1.54, 1.807) is 0 Å². The lowest BCUT2D eigenvalue weighted by atomic mass is 10.0. The summed E-state index contributed by atoms with van der Waals surface area (Å²) in [5.41, 5.74) is 0. The Morgan fingerprint density at radius 3 is 2.67 bits per heavy atom. The largest absolute Gasteiger partial charge is 0.481 e. The summed E-state index contributed by atoms with van der Waals surface area (Å²) in [7, 11) is 0. The molecule has 0 aliphatic carbocycles. The highest BCUT2D eigenvalue weighted by molar-refractivity contribution is 7.99. The summed E-state index contributed by atoms with van der Waals surface area (Å²) in [4.78, 5) is 13.1. The van der Waals surface area contributed by atoms with Crippen LogP contribution in [0.2, 0.25) is 0 Å². The maximum Gasteiger partial charge on any atom is 0.313 e. The van der Waals surface area contributed by atoms with Gasteiger partial charge in [0.05, 0.1) is 5.75 Å². The summed E-state index contributed by atoms with van der Waals surface area (Å²) in [5.74, 6) is 0.633. The Morgan fingerprint density at radius 1 is 1.38 bits per heavy atom. The molecule has 2 heterocycles. The molecule has 0 saturated carbocycles. The van der Waals surface area contributed by atoms with Crippen molar-refractivity contribution in [3.05, 3.63) is 0 Å². The first-order valence-corrected chi connectivity index (χ1v) is 8.46. The molecule has 0 aromatic carbocycles. The lowest BCUT2D eigenvalue weighted by Crippen LogP contribution is -2.35. The zero-order valence-electron chi connectivity index (χ0n) is 13.1. The van der Waals surface area contributed by atoms with Crippen LogP contribution in [0.4, 0.5) is 5.95 Å². The molecule has 1 unspecified atom stereocenters. The first kappa shape index (κ1) is 16.1. The van der Waals surface area contributed by atoms with Gasteiger partial charge in [-0.1, -0.05) is 25.6 Å². The molecule has 1 aliphatic rings. The fourth-order valence-electron chi connectivity index (χ4n) is 2.88. The van der Waals surface area contributed by atoms with Gasteiger partial charge >= 0.3 is 5.97 Å². The number of rotatable bonds is 6. The highest BCUT2D eigenvalue weighted by atomic mass is 32.2. The number of aromatic nitrogens is 3. The zero-order valence-corrected chi connectivity index (χ0v) is 13.9. The number of nitrogens with zero attached hydrogens (tertiary/aromatic N) is 4. The normalized spacial score (nSPS) is 19.0. The van der Waals surface area contributed by atoms with Crippen LogP contribution >= 0.6 is 11.8 Å². The van der Waals surface area contributed by atoms with Gasteiger partial charge < -0.3 is 10.0 Å². The van der Waals surface area contributed by atoms with Gasteiger partial charge in [0.2, 0.25) is 5.95 Å². The number of thioether (sulfide) groups is 1. The van der Waals surface area contributed by atoms with E-state index in [1.165, 1.54) is 24.6 Å². The fraction of sp³-hybridized carbons (Fsp3) is 0.786. The SMILES string of the molecule is CC(C)C1CCCN1c1nnc(SCC(=O)O)n1C(C)C. The maximum absolute atomic E-state index is 10.8. The number of carboxylic acid groups (broad SMARTS) is 1. The third-order valence-electron chi connectivity index (χ3n) is 3.81. The Labute approximate surface area is 129 Å². The molecule has 1 aliphatic heterocycles. The average molecular weight is 312 g/mol. The van der Waals surface area contributed by atoms with Crippen molar-refractivity contribution >= 4 is 23.7 Å². The summed E-state index contributed by atoms with van der Waals surface area (Å²) in [6.45, 7) is 9.63. The quantitative estimate of drug-likeness (QED) is 0.814. The lowest BCUT2D eigenvalue weighted by Gasteiger charge is -2.29. The van der Waals surface area contributed by atoms with E-state index in [9.17, 15) is 4.79 Å². The molecule has 118 valence electrons. The van der Waals surface area contributed by atoms with Crippen molar-refractivity contribution < 1.29 is 9.90 Å². The van der Waals surface area contributed by atoms with Crippen LogP contribution in [0.1, 0.15) is 46.6 Å². The van der Waals surface area contributed by atoms with Crippen LogP contribution in [0.25, 0.3) is 0 Å². The average Bonchev–Trinajstić information content (AvgIpc) is 3.02. The maximum atomic E-state index is 10.8. The van der Waals surface area contributed by atoms with Crippen LogP contribution in [0.3, 0.4) is 0 Å². The molecule has 7 heteroatoms. The highest BCUT2D eigenvalue weighted by Gasteiger charge is 2.32. The second-order valence-electron chi connectivity index (χ2n) is 6.08. The van der Waals surface area contributed by atoms with E-state index in [4.69, 9.17) is 5.11 Å². The minimum Gasteiger partial charge on any atom is -0.481 e. The molecule has 6 nitrogen and oxygen atoms in total. The molecule has 0 radical (unpaired) electrons. The van der Waals surface area contributed by atoms with E-state index in [0.29, 0.717) is 17.1 Å². The molecule has 1 saturated heterocycles. The van der Waals surface area contributed by atoms with E-state index < -0.39 is 5.97 Å². The van der Waals surface area contributed by atoms with Gasteiger partial charge in [-0.25, -0.2) is 0 Å². The van der Waals surface area contributed by atoms with E-state index in [0.717, 1.165) is 12.5 Å². The van der Waals surface area contributed by atoms with Crippen LogP contribution < -0.4 is 4.90 Å². The molecular formula is C14H24N4O2S. The van der Waals surface area contributed by atoms with Gasteiger partial charge in [0.15, 0.2) is 5.16 Å². The van der Waals surface area contributed by atoms with Crippen molar-refractivity contribution in [2.24, 2.45) is 5.92 Å². The van der Waals surface area contributed by atoms with Gasteiger partial charge in [0, 0.05) is 18.6 Å². The van der Waals surface area contributed by atoms with Crippen molar-refractivity contribution in [2.45, 2.75) is 57.8 Å². The number of carboxylic acids is 1. The van der Waals surface area contributed by atoms with Crippen LogP contribution in [0.5, 0.6) is 0 Å². The monoisotopic (exact) mass is 312 g/mol. The van der Waals surface area contributed by atoms with Crippen molar-refractivity contribution in [2.75, 3.05) is 17.2 Å². The van der Waals surface area contributed by atoms with Gasteiger partial charge in [-0.2, -0.15) is 0 Å². The van der Waals surface area contributed by atoms with E-state index in [1.807, 2.05) is 0 Å². The Hall–Kier alpha value is -1.24. The van der Waals surface area contributed by atoms with Gasteiger partial charge in [-0.15, -0.1) is 10.2 Å². The standard InChI is InChI=1S/C14H24N4O2S/c1-9(2)11-6-5-7-17(11)13-15-16-14(18(13)10(3)4)21-8-12(19)20/h9-11H,5-8H2,1-4H3,(H,19,20). The van der Waals surface area contributed by atoms with Crippen LogP contribution in [-0.4, -0.2) is 44.2 Å². The molecule has 2 rings (SSSR count). The molecule has 1 aromatic heterocycles. The van der Waals surface area contributed by atoms with Crippen molar-refractivity contribution in [3.8, 4) is 0 Å². The molecule has 1 aromatic rings. The Balaban J connectivity index is 2.29.